The lowest BCUT2D eigenvalue weighted by Crippen LogP contribution is -2.33. The second kappa shape index (κ2) is 11.9. The molecule has 5 nitrogen and oxygen atoms in total. The number of nitrogens with zero attached hydrogens (tertiary/aromatic N) is 3. The van der Waals surface area contributed by atoms with E-state index in [1.54, 1.807) is 0 Å². The van der Waals surface area contributed by atoms with Crippen LogP contribution in [-0.2, 0) is 0 Å². The number of amidine groups is 2. The summed E-state index contributed by atoms with van der Waals surface area (Å²) in [5.74, 6) is 1.47. The van der Waals surface area contributed by atoms with Crippen molar-refractivity contribution >= 4 is 55.2 Å². The average Bonchev–Trinajstić information content (AvgIpc) is 3.58. The number of pyridine rings is 1. The molecule has 5 heteroatoms. The summed E-state index contributed by atoms with van der Waals surface area (Å²) < 4.78 is 6.76. The second-order valence-corrected chi connectivity index (χ2v) is 12.9. The number of hydrogen-bond donors (Lipinski definition) is 1. The molecule has 0 saturated heterocycles. The van der Waals surface area contributed by atoms with Crippen molar-refractivity contribution in [3.63, 3.8) is 0 Å². The quantitative estimate of drug-likeness (QED) is 0.201. The van der Waals surface area contributed by atoms with Gasteiger partial charge in [0, 0.05) is 33.8 Å². The standard InChI is InChI=1S/C46H30N4O/c1-3-12-31(13-4-1)44-48-45(32-14-5-2-6-15-32)50-46(49-44)33-22-20-30(21-23-33)42-41-38-26-35-17-9-10-18-36(35)27-40(38)51-43(41)39(28-47-42)37-24-19-29-11-7-8-16-34(29)25-37/h1-28,44H,(H,48,49,50). The van der Waals surface area contributed by atoms with Crippen LogP contribution in [0.4, 0.5) is 0 Å². The summed E-state index contributed by atoms with van der Waals surface area (Å²) in [4.78, 5) is 15.1. The minimum absolute atomic E-state index is 0.260. The summed E-state index contributed by atoms with van der Waals surface area (Å²) in [6.45, 7) is 0. The zero-order chi connectivity index (χ0) is 33.7. The van der Waals surface area contributed by atoms with Gasteiger partial charge in [-0.2, -0.15) is 0 Å². The van der Waals surface area contributed by atoms with Gasteiger partial charge in [-0.3, -0.25) is 4.98 Å². The Hall–Kier alpha value is -6.85. The summed E-state index contributed by atoms with van der Waals surface area (Å²) in [5.41, 5.74) is 8.61. The van der Waals surface area contributed by atoms with E-state index in [4.69, 9.17) is 19.4 Å². The van der Waals surface area contributed by atoms with Crippen LogP contribution < -0.4 is 5.32 Å². The zero-order valence-corrected chi connectivity index (χ0v) is 27.5. The highest BCUT2D eigenvalue weighted by Gasteiger charge is 2.22. The number of aromatic nitrogens is 1. The minimum Gasteiger partial charge on any atom is -0.455 e. The Labute approximate surface area is 294 Å². The first-order chi connectivity index (χ1) is 25.2. The molecule has 1 aliphatic heterocycles. The van der Waals surface area contributed by atoms with E-state index >= 15 is 0 Å². The third kappa shape index (κ3) is 5.15. The molecule has 2 aromatic heterocycles. The molecule has 1 atom stereocenters. The van der Waals surface area contributed by atoms with Gasteiger partial charge in [-0.05, 0) is 50.9 Å². The maximum atomic E-state index is 6.76. The fourth-order valence-electron chi connectivity index (χ4n) is 7.15. The van der Waals surface area contributed by atoms with Crippen molar-refractivity contribution in [1.82, 2.24) is 10.3 Å². The first kappa shape index (κ1) is 29.1. The van der Waals surface area contributed by atoms with Crippen molar-refractivity contribution in [1.29, 1.82) is 0 Å². The molecule has 1 aliphatic rings. The SMILES string of the molecule is c1ccc(C2=NC(c3ccccc3)NC(c3ccc(-c4ncc(-c5ccc6ccccc6c5)c5oc6cc7ccccc7cc6c45)cc3)=N2)cc1. The fourth-order valence-corrected chi connectivity index (χ4v) is 7.15. The molecule has 51 heavy (non-hydrogen) atoms. The van der Waals surface area contributed by atoms with Crippen molar-refractivity contribution in [3.8, 4) is 22.4 Å². The molecule has 1 unspecified atom stereocenters. The lowest BCUT2D eigenvalue weighted by molar-refractivity contribution is 0.670. The number of benzene rings is 7. The van der Waals surface area contributed by atoms with E-state index < -0.39 is 0 Å². The van der Waals surface area contributed by atoms with Crippen LogP contribution in [0.5, 0.6) is 0 Å². The maximum Gasteiger partial charge on any atom is 0.159 e. The van der Waals surface area contributed by atoms with Gasteiger partial charge in [0.25, 0.3) is 0 Å². The molecule has 0 bridgehead atoms. The molecule has 0 amide bonds. The Morgan fingerprint density at radius 3 is 1.92 bits per heavy atom. The highest BCUT2D eigenvalue weighted by atomic mass is 16.3. The highest BCUT2D eigenvalue weighted by molar-refractivity contribution is 6.18. The maximum absolute atomic E-state index is 6.76. The van der Waals surface area contributed by atoms with Gasteiger partial charge >= 0.3 is 0 Å². The van der Waals surface area contributed by atoms with Crippen LogP contribution >= 0.6 is 0 Å². The molecule has 0 spiro atoms. The van der Waals surface area contributed by atoms with E-state index in [0.29, 0.717) is 5.84 Å². The summed E-state index contributed by atoms with van der Waals surface area (Å²) in [7, 11) is 0. The largest absolute Gasteiger partial charge is 0.455 e. The zero-order valence-electron chi connectivity index (χ0n) is 27.5. The number of fused-ring (bicyclic) bond motifs is 5. The Kier molecular flexibility index (Phi) is 6.81. The number of nitrogens with one attached hydrogen (secondary N) is 1. The van der Waals surface area contributed by atoms with Gasteiger partial charge in [0.05, 0.1) is 11.1 Å². The van der Waals surface area contributed by atoms with Gasteiger partial charge in [-0.15, -0.1) is 0 Å². The van der Waals surface area contributed by atoms with Crippen molar-refractivity contribution in [2.45, 2.75) is 6.17 Å². The van der Waals surface area contributed by atoms with E-state index in [0.717, 1.165) is 77.6 Å². The van der Waals surface area contributed by atoms with Crippen molar-refractivity contribution in [2.24, 2.45) is 9.98 Å². The topological polar surface area (TPSA) is 62.8 Å². The van der Waals surface area contributed by atoms with Crippen LogP contribution in [0.1, 0.15) is 22.9 Å². The first-order valence-corrected chi connectivity index (χ1v) is 17.1. The van der Waals surface area contributed by atoms with E-state index in [1.807, 2.05) is 54.7 Å². The Balaban J connectivity index is 1.11. The summed E-state index contributed by atoms with van der Waals surface area (Å²) in [6, 6.07) is 56.7. The molecule has 7 aromatic carbocycles. The Morgan fingerprint density at radius 1 is 0.529 bits per heavy atom. The average molecular weight is 655 g/mol. The smallest absolute Gasteiger partial charge is 0.159 e. The molecule has 240 valence electrons. The van der Waals surface area contributed by atoms with Gasteiger partial charge in [0.2, 0.25) is 0 Å². The van der Waals surface area contributed by atoms with Crippen LogP contribution in [-0.4, -0.2) is 16.7 Å². The van der Waals surface area contributed by atoms with E-state index in [2.05, 4.69) is 121 Å². The summed E-state index contributed by atoms with van der Waals surface area (Å²) in [6.07, 6.45) is 1.70. The van der Waals surface area contributed by atoms with Crippen LogP contribution in [0, 0.1) is 0 Å². The Bertz CT molecular complexity index is 2820. The molecule has 9 aromatic rings. The number of furan rings is 1. The molecule has 0 radical (unpaired) electrons. The lowest BCUT2D eigenvalue weighted by atomic mass is 9.97. The molecule has 0 saturated carbocycles. The fraction of sp³-hybridized carbons (Fsp3) is 0.0217. The van der Waals surface area contributed by atoms with Crippen LogP contribution in [0.25, 0.3) is 65.9 Å². The summed E-state index contributed by atoms with van der Waals surface area (Å²) >= 11 is 0. The monoisotopic (exact) mass is 654 g/mol. The molecule has 10 rings (SSSR count). The lowest BCUT2D eigenvalue weighted by Gasteiger charge is -2.23. The van der Waals surface area contributed by atoms with E-state index in [9.17, 15) is 0 Å². The van der Waals surface area contributed by atoms with Gasteiger partial charge in [-0.1, -0.05) is 146 Å². The van der Waals surface area contributed by atoms with E-state index in [1.165, 1.54) is 10.8 Å². The van der Waals surface area contributed by atoms with Gasteiger partial charge < -0.3 is 9.73 Å². The first-order valence-electron chi connectivity index (χ1n) is 17.1. The van der Waals surface area contributed by atoms with E-state index in [-0.39, 0.29) is 6.17 Å². The number of aliphatic imine (C=N–C) groups is 2. The van der Waals surface area contributed by atoms with Crippen molar-refractivity contribution in [2.75, 3.05) is 0 Å². The third-order valence-corrected chi connectivity index (χ3v) is 9.74. The number of hydrogen-bond acceptors (Lipinski definition) is 5. The summed E-state index contributed by atoms with van der Waals surface area (Å²) in [5, 5.41) is 10.3. The minimum atomic E-state index is -0.260. The molecule has 0 fully saturated rings. The number of rotatable bonds is 5. The molecule has 0 aliphatic carbocycles. The molecular weight excluding hydrogens is 625 g/mol. The second-order valence-electron chi connectivity index (χ2n) is 12.9. The molecular formula is C46H30N4O. The molecule has 3 heterocycles. The van der Waals surface area contributed by atoms with Crippen molar-refractivity contribution < 1.29 is 4.42 Å². The predicted octanol–water partition coefficient (Wildman–Crippen LogP) is 11.1. The predicted molar refractivity (Wildman–Crippen MR) is 209 cm³/mol. The van der Waals surface area contributed by atoms with Gasteiger partial charge in [-0.25, -0.2) is 9.98 Å². The van der Waals surface area contributed by atoms with Crippen LogP contribution in [0.15, 0.2) is 184 Å². The van der Waals surface area contributed by atoms with Crippen LogP contribution in [0.3, 0.4) is 0 Å². The highest BCUT2D eigenvalue weighted by Crippen LogP contribution is 2.42. The van der Waals surface area contributed by atoms with Gasteiger partial charge in [0.15, 0.2) is 5.84 Å². The van der Waals surface area contributed by atoms with Crippen LogP contribution in [0.2, 0.25) is 0 Å². The normalized spacial score (nSPS) is 14.5. The Morgan fingerprint density at radius 2 is 1.16 bits per heavy atom. The molecule has 1 N–H and O–H groups in total. The van der Waals surface area contributed by atoms with Gasteiger partial charge in [0.1, 0.15) is 23.2 Å². The third-order valence-electron chi connectivity index (χ3n) is 9.74. The van der Waals surface area contributed by atoms with Crippen molar-refractivity contribution in [3.05, 3.63) is 187 Å².